The number of aromatic amines is 1. The van der Waals surface area contributed by atoms with Crippen molar-refractivity contribution in [3.05, 3.63) is 40.2 Å². The number of hydrogen-bond acceptors (Lipinski definition) is 3. The molecule has 0 atom stereocenters. The molecule has 92 valence electrons. The second kappa shape index (κ2) is 5.11. The van der Waals surface area contributed by atoms with Crippen molar-refractivity contribution in [1.82, 2.24) is 10.2 Å². The van der Waals surface area contributed by atoms with Crippen LogP contribution < -0.4 is 4.74 Å². The van der Waals surface area contributed by atoms with Gasteiger partial charge in [0, 0.05) is 5.02 Å². The fraction of sp³-hybridized carbons (Fsp3) is 0.231. The van der Waals surface area contributed by atoms with E-state index in [0.29, 0.717) is 22.1 Å². The van der Waals surface area contributed by atoms with E-state index in [1.807, 2.05) is 19.9 Å². The molecule has 18 heavy (non-hydrogen) atoms. The zero-order valence-electron chi connectivity index (χ0n) is 10.1. The number of ether oxygens (including phenoxy) is 1. The molecule has 0 saturated carbocycles. The van der Waals surface area contributed by atoms with Crippen LogP contribution in [0.3, 0.4) is 0 Å². The van der Waals surface area contributed by atoms with E-state index in [1.54, 1.807) is 18.2 Å². The van der Waals surface area contributed by atoms with E-state index in [9.17, 15) is 0 Å². The van der Waals surface area contributed by atoms with Gasteiger partial charge in [-0.2, -0.15) is 10.4 Å². The van der Waals surface area contributed by atoms with E-state index >= 15 is 0 Å². The normalized spacial score (nSPS) is 10.1. The predicted octanol–water partition coefficient (Wildman–Crippen LogP) is 3.60. The van der Waals surface area contributed by atoms with Gasteiger partial charge in [0.15, 0.2) is 5.75 Å². The summed E-state index contributed by atoms with van der Waals surface area (Å²) in [7, 11) is 0. The molecule has 2 aromatic rings. The third kappa shape index (κ3) is 2.47. The third-order valence-electron chi connectivity index (χ3n) is 2.52. The standard InChI is InChI=1S/C13H12ClN3O/c1-3-12-13(8(2)16-17-12)18-11-5-9(7-15)4-10(14)6-11/h4-6H,3H2,1-2H3,(H,16,17). The molecule has 2 rings (SSSR count). The van der Waals surface area contributed by atoms with E-state index in [1.165, 1.54) is 0 Å². The number of nitriles is 1. The summed E-state index contributed by atoms with van der Waals surface area (Å²) in [4.78, 5) is 0. The molecule has 0 amide bonds. The monoisotopic (exact) mass is 261 g/mol. The Balaban J connectivity index is 2.37. The van der Waals surface area contributed by atoms with Gasteiger partial charge in [-0.05, 0) is 31.5 Å². The minimum Gasteiger partial charge on any atom is -0.453 e. The summed E-state index contributed by atoms with van der Waals surface area (Å²) in [5.74, 6) is 1.24. The minimum absolute atomic E-state index is 0.469. The maximum Gasteiger partial charge on any atom is 0.171 e. The fourth-order valence-corrected chi connectivity index (χ4v) is 1.87. The number of H-pyrrole nitrogens is 1. The molecule has 0 saturated heterocycles. The Hall–Kier alpha value is -1.99. The number of hydrogen-bond donors (Lipinski definition) is 1. The molecule has 1 heterocycles. The lowest BCUT2D eigenvalue weighted by atomic mass is 10.2. The van der Waals surface area contributed by atoms with Crippen LogP contribution in [0.2, 0.25) is 5.02 Å². The number of aromatic nitrogens is 2. The van der Waals surface area contributed by atoms with Gasteiger partial charge in [0.1, 0.15) is 11.4 Å². The van der Waals surface area contributed by atoms with Crippen molar-refractivity contribution in [2.24, 2.45) is 0 Å². The lowest BCUT2D eigenvalue weighted by Crippen LogP contribution is -1.90. The van der Waals surface area contributed by atoms with E-state index < -0.39 is 0 Å². The summed E-state index contributed by atoms with van der Waals surface area (Å²) in [5.41, 5.74) is 2.17. The van der Waals surface area contributed by atoms with Gasteiger partial charge in [-0.3, -0.25) is 5.10 Å². The van der Waals surface area contributed by atoms with Crippen LogP contribution >= 0.6 is 11.6 Å². The molecule has 5 heteroatoms. The van der Waals surface area contributed by atoms with Crippen molar-refractivity contribution in [2.45, 2.75) is 20.3 Å². The zero-order valence-corrected chi connectivity index (χ0v) is 10.9. The van der Waals surface area contributed by atoms with E-state index in [4.69, 9.17) is 21.6 Å². The van der Waals surface area contributed by atoms with Crippen molar-refractivity contribution >= 4 is 11.6 Å². The molecule has 4 nitrogen and oxygen atoms in total. The van der Waals surface area contributed by atoms with Crippen molar-refractivity contribution in [2.75, 3.05) is 0 Å². The Kier molecular flexibility index (Phi) is 3.54. The highest BCUT2D eigenvalue weighted by Gasteiger charge is 2.11. The second-order valence-corrected chi connectivity index (χ2v) is 4.30. The lowest BCUT2D eigenvalue weighted by molar-refractivity contribution is 0.473. The molecule has 0 aliphatic rings. The Morgan fingerprint density at radius 2 is 2.22 bits per heavy atom. The van der Waals surface area contributed by atoms with Gasteiger partial charge >= 0.3 is 0 Å². The van der Waals surface area contributed by atoms with Gasteiger partial charge in [0.05, 0.1) is 17.3 Å². The first-order valence-corrected chi connectivity index (χ1v) is 5.94. The molecule has 0 bridgehead atoms. The maximum absolute atomic E-state index is 8.89. The topological polar surface area (TPSA) is 61.7 Å². The molecule has 1 aromatic carbocycles. The van der Waals surface area contributed by atoms with Crippen LogP contribution in [0.25, 0.3) is 0 Å². The SMILES string of the molecule is CCc1n[nH]c(C)c1Oc1cc(Cl)cc(C#N)c1. The molecular weight excluding hydrogens is 250 g/mol. The first-order chi connectivity index (χ1) is 8.63. The Labute approximate surface area is 110 Å². The lowest BCUT2D eigenvalue weighted by Gasteiger charge is -2.07. The molecular formula is C13H12ClN3O. The summed E-state index contributed by atoms with van der Waals surface area (Å²) >= 11 is 5.93. The summed E-state index contributed by atoms with van der Waals surface area (Å²) < 4.78 is 5.77. The fourth-order valence-electron chi connectivity index (χ4n) is 1.65. The molecule has 0 aliphatic heterocycles. The van der Waals surface area contributed by atoms with Crippen molar-refractivity contribution < 1.29 is 4.74 Å². The summed E-state index contributed by atoms with van der Waals surface area (Å²) in [6.07, 6.45) is 0.769. The molecule has 0 unspecified atom stereocenters. The van der Waals surface area contributed by atoms with E-state index in [-0.39, 0.29) is 0 Å². The second-order valence-electron chi connectivity index (χ2n) is 3.87. The average molecular weight is 262 g/mol. The van der Waals surface area contributed by atoms with Crippen LogP contribution in [0.15, 0.2) is 18.2 Å². The van der Waals surface area contributed by atoms with Gasteiger partial charge in [-0.15, -0.1) is 0 Å². The van der Waals surface area contributed by atoms with Gasteiger partial charge in [-0.25, -0.2) is 0 Å². The molecule has 0 aliphatic carbocycles. The number of rotatable bonds is 3. The summed E-state index contributed by atoms with van der Waals surface area (Å²) in [5, 5.41) is 16.4. The Morgan fingerprint density at radius 3 is 2.89 bits per heavy atom. The molecule has 0 radical (unpaired) electrons. The number of nitrogens with zero attached hydrogens (tertiary/aromatic N) is 2. The van der Waals surface area contributed by atoms with Crippen molar-refractivity contribution in [3.8, 4) is 17.6 Å². The minimum atomic E-state index is 0.469. The highest BCUT2D eigenvalue weighted by atomic mass is 35.5. The molecule has 1 N–H and O–H groups in total. The number of nitrogens with one attached hydrogen (secondary N) is 1. The van der Waals surface area contributed by atoms with Crippen LogP contribution in [0, 0.1) is 18.3 Å². The van der Waals surface area contributed by atoms with Gasteiger partial charge < -0.3 is 4.74 Å². The third-order valence-corrected chi connectivity index (χ3v) is 2.73. The van der Waals surface area contributed by atoms with Gasteiger partial charge in [0.2, 0.25) is 0 Å². The highest BCUT2D eigenvalue weighted by Crippen LogP contribution is 2.30. The molecule has 0 spiro atoms. The average Bonchev–Trinajstić information content (AvgIpc) is 2.70. The highest BCUT2D eigenvalue weighted by molar-refractivity contribution is 6.30. The van der Waals surface area contributed by atoms with Gasteiger partial charge in [0.25, 0.3) is 0 Å². The van der Waals surface area contributed by atoms with Crippen LogP contribution in [0.5, 0.6) is 11.5 Å². The van der Waals surface area contributed by atoms with E-state index in [0.717, 1.165) is 17.8 Å². The smallest absolute Gasteiger partial charge is 0.171 e. The summed E-state index contributed by atoms with van der Waals surface area (Å²) in [6.45, 7) is 3.89. The Morgan fingerprint density at radius 1 is 1.44 bits per heavy atom. The Bertz CT molecular complexity index is 613. The van der Waals surface area contributed by atoms with Crippen LogP contribution in [0.1, 0.15) is 23.9 Å². The zero-order chi connectivity index (χ0) is 13.1. The molecule has 0 fully saturated rings. The van der Waals surface area contributed by atoms with Crippen LogP contribution in [0.4, 0.5) is 0 Å². The first kappa shape index (κ1) is 12.5. The number of benzene rings is 1. The van der Waals surface area contributed by atoms with Crippen molar-refractivity contribution in [1.29, 1.82) is 5.26 Å². The quantitative estimate of drug-likeness (QED) is 0.918. The molecule has 1 aromatic heterocycles. The number of halogens is 1. The van der Waals surface area contributed by atoms with Crippen LogP contribution in [-0.4, -0.2) is 10.2 Å². The van der Waals surface area contributed by atoms with Crippen LogP contribution in [-0.2, 0) is 6.42 Å². The number of aryl methyl sites for hydroxylation is 2. The summed E-state index contributed by atoms with van der Waals surface area (Å²) in [6, 6.07) is 6.96. The van der Waals surface area contributed by atoms with E-state index in [2.05, 4.69) is 10.2 Å². The maximum atomic E-state index is 8.89. The first-order valence-electron chi connectivity index (χ1n) is 5.56. The largest absolute Gasteiger partial charge is 0.453 e. The van der Waals surface area contributed by atoms with Gasteiger partial charge in [-0.1, -0.05) is 18.5 Å². The van der Waals surface area contributed by atoms with Crippen molar-refractivity contribution in [3.63, 3.8) is 0 Å². The predicted molar refractivity (Wildman–Crippen MR) is 68.9 cm³/mol.